The van der Waals surface area contributed by atoms with Crippen LogP contribution in [-0.4, -0.2) is 32.6 Å². The van der Waals surface area contributed by atoms with Gasteiger partial charge in [0.1, 0.15) is 0 Å². The first-order valence-corrected chi connectivity index (χ1v) is 11.1. The fourth-order valence-corrected chi connectivity index (χ4v) is 3.30. The lowest BCUT2D eigenvalue weighted by atomic mass is 10.2. The molecule has 0 aliphatic rings. The van der Waals surface area contributed by atoms with Crippen molar-refractivity contribution >= 4 is 19.2 Å². The van der Waals surface area contributed by atoms with Gasteiger partial charge < -0.3 is 14.3 Å². The van der Waals surface area contributed by atoms with Crippen molar-refractivity contribution in [2.24, 2.45) is 0 Å². The van der Waals surface area contributed by atoms with Crippen LogP contribution in [0.4, 0.5) is 0 Å². The number of benzene rings is 1. The fraction of sp³-hybridized carbons (Fsp3) is 0.556. The average molecular weight is 319 g/mol. The topological polar surface area (TPSA) is 26.2 Å². The summed E-state index contributed by atoms with van der Waals surface area (Å²) in [5, 5.41) is 5.09. The van der Waals surface area contributed by atoms with Gasteiger partial charge in [-0.15, -0.1) is 0 Å². The van der Waals surface area contributed by atoms with Crippen LogP contribution in [-0.2, 0) is 11.0 Å². The molecular weight excluding hydrogens is 288 g/mol. The first-order chi connectivity index (χ1) is 10.3. The number of aromatic nitrogens is 1. The maximum atomic E-state index is 6.17. The van der Waals surface area contributed by atoms with E-state index in [9.17, 15) is 0 Å². The van der Waals surface area contributed by atoms with Crippen molar-refractivity contribution in [2.75, 3.05) is 19.7 Å². The molecule has 0 aliphatic heterocycles. The Morgan fingerprint density at radius 3 is 2.55 bits per heavy atom. The minimum absolute atomic E-state index is 0.289. The van der Waals surface area contributed by atoms with Crippen molar-refractivity contribution in [2.45, 2.75) is 45.4 Å². The Labute approximate surface area is 135 Å². The summed E-state index contributed by atoms with van der Waals surface area (Å²) >= 11 is 0. The third kappa shape index (κ3) is 4.21. The maximum Gasteiger partial charge on any atom is 0.192 e. The van der Waals surface area contributed by atoms with E-state index in [0.29, 0.717) is 0 Å². The van der Waals surface area contributed by atoms with Crippen LogP contribution in [0.1, 0.15) is 20.8 Å². The number of rotatable bonds is 7. The molecule has 3 nitrogen and oxygen atoms in total. The summed E-state index contributed by atoms with van der Waals surface area (Å²) < 4.78 is 8.47. The molecule has 1 aromatic heterocycles. The van der Waals surface area contributed by atoms with Crippen molar-refractivity contribution in [1.29, 1.82) is 0 Å². The van der Waals surface area contributed by atoms with E-state index in [1.54, 1.807) is 0 Å². The molecule has 0 atom stereocenters. The predicted molar refractivity (Wildman–Crippen MR) is 98.0 cm³/mol. The van der Waals surface area contributed by atoms with E-state index in [-0.39, 0.29) is 5.04 Å². The lowest BCUT2D eigenvalue weighted by molar-refractivity contribution is 0.285. The van der Waals surface area contributed by atoms with Crippen LogP contribution in [0.5, 0.6) is 0 Å². The Kier molecular flexibility index (Phi) is 5.48. The van der Waals surface area contributed by atoms with E-state index in [1.165, 1.54) is 10.9 Å². The van der Waals surface area contributed by atoms with Crippen LogP contribution < -0.4 is 5.32 Å². The first kappa shape index (κ1) is 17.3. The molecule has 0 spiro atoms. The highest BCUT2D eigenvalue weighted by Crippen LogP contribution is 2.36. The highest BCUT2D eigenvalue weighted by molar-refractivity contribution is 6.74. The average Bonchev–Trinajstić information content (AvgIpc) is 2.85. The monoisotopic (exact) mass is 318 g/mol. The van der Waals surface area contributed by atoms with Crippen LogP contribution in [0.25, 0.3) is 10.9 Å². The van der Waals surface area contributed by atoms with E-state index in [0.717, 1.165) is 26.2 Å². The molecule has 0 unspecified atom stereocenters. The second kappa shape index (κ2) is 6.98. The lowest BCUT2D eigenvalue weighted by Crippen LogP contribution is -2.42. The summed E-state index contributed by atoms with van der Waals surface area (Å²) in [6, 6.07) is 10.7. The molecule has 2 aromatic rings. The SMILES string of the molecule is CC(C)(C)[Si](C)(C)OCCNCCn1ccc2ccccc21. The largest absolute Gasteiger partial charge is 0.416 e. The van der Waals surface area contributed by atoms with Crippen LogP contribution in [0, 0.1) is 0 Å². The van der Waals surface area contributed by atoms with Gasteiger partial charge in [0.2, 0.25) is 0 Å². The third-order valence-electron chi connectivity index (χ3n) is 4.76. The smallest absolute Gasteiger partial charge is 0.192 e. The zero-order valence-corrected chi connectivity index (χ0v) is 15.6. The van der Waals surface area contributed by atoms with Crippen molar-refractivity contribution in [1.82, 2.24) is 9.88 Å². The molecule has 22 heavy (non-hydrogen) atoms. The van der Waals surface area contributed by atoms with Gasteiger partial charge in [0.05, 0.1) is 0 Å². The van der Waals surface area contributed by atoms with Crippen molar-refractivity contribution in [3.8, 4) is 0 Å². The second-order valence-electron chi connectivity index (χ2n) is 7.43. The summed E-state index contributed by atoms with van der Waals surface area (Å²) in [6.45, 7) is 15.1. The molecule has 4 heteroatoms. The zero-order valence-electron chi connectivity index (χ0n) is 14.6. The summed E-state index contributed by atoms with van der Waals surface area (Å²) in [7, 11) is -1.60. The van der Waals surface area contributed by atoms with Crippen LogP contribution >= 0.6 is 0 Å². The van der Waals surface area contributed by atoms with Crippen molar-refractivity contribution in [3.63, 3.8) is 0 Å². The third-order valence-corrected chi connectivity index (χ3v) is 9.30. The lowest BCUT2D eigenvalue weighted by Gasteiger charge is -2.36. The van der Waals surface area contributed by atoms with Gasteiger partial charge in [0.15, 0.2) is 8.32 Å². The van der Waals surface area contributed by atoms with E-state index in [4.69, 9.17) is 4.43 Å². The summed E-state index contributed by atoms with van der Waals surface area (Å²) in [5.74, 6) is 0. The van der Waals surface area contributed by atoms with Crippen LogP contribution in [0.2, 0.25) is 18.1 Å². The Hall–Kier alpha value is -1.10. The minimum Gasteiger partial charge on any atom is -0.416 e. The number of nitrogens with one attached hydrogen (secondary N) is 1. The fourth-order valence-electron chi connectivity index (χ4n) is 2.25. The van der Waals surface area contributed by atoms with Crippen LogP contribution in [0.3, 0.4) is 0 Å². The molecule has 122 valence electrons. The number of fused-ring (bicyclic) bond motifs is 1. The highest BCUT2D eigenvalue weighted by atomic mass is 28.4. The number of nitrogens with zero attached hydrogens (tertiary/aromatic N) is 1. The molecule has 0 aliphatic carbocycles. The highest BCUT2D eigenvalue weighted by Gasteiger charge is 2.36. The van der Waals surface area contributed by atoms with Gasteiger partial charge in [-0.05, 0) is 35.7 Å². The van der Waals surface area contributed by atoms with Gasteiger partial charge in [-0.25, -0.2) is 0 Å². The molecule has 0 saturated carbocycles. The van der Waals surface area contributed by atoms with E-state index >= 15 is 0 Å². The molecule has 1 heterocycles. The van der Waals surface area contributed by atoms with Gasteiger partial charge in [0, 0.05) is 38.0 Å². The van der Waals surface area contributed by atoms with Gasteiger partial charge in [-0.3, -0.25) is 0 Å². The quantitative estimate of drug-likeness (QED) is 0.610. The first-order valence-electron chi connectivity index (χ1n) is 8.20. The Morgan fingerprint density at radius 1 is 1.09 bits per heavy atom. The molecule has 0 bridgehead atoms. The maximum absolute atomic E-state index is 6.17. The van der Waals surface area contributed by atoms with E-state index < -0.39 is 8.32 Å². The Balaban J connectivity index is 1.70. The number of hydrogen-bond acceptors (Lipinski definition) is 2. The molecule has 1 aromatic carbocycles. The predicted octanol–water partition coefficient (Wildman–Crippen LogP) is 4.25. The standard InChI is InChI=1S/C18H30N2OSi/c1-18(2,3)22(4,5)21-15-12-19-11-14-20-13-10-16-8-6-7-9-17(16)20/h6-10,13,19H,11-12,14-15H2,1-5H3. The van der Waals surface area contributed by atoms with Gasteiger partial charge >= 0.3 is 0 Å². The van der Waals surface area contributed by atoms with Gasteiger partial charge in [0.25, 0.3) is 0 Å². The molecule has 0 fully saturated rings. The second-order valence-corrected chi connectivity index (χ2v) is 12.2. The normalized spacial score (nSPS) is 13.0. The molecule has 0 radical (unpaired) electrons. The Bertz CT molecular complexity index is 598. The molecule has 1 N–H and O–H groups in total. The number of para-hydroxylation sites is 1. The van der Waals surface area contributed by atoms with E-state index in [2.05, 4.69) is 80.3 Å². The molecule has 2 rings (SSSR count). The summed E-state index contributed by atoms with van der Waals surface area (Å²) in [6.07, 6.45) is 2.17. The summed E-state index contributed by atoms with van der Waals surface area (Å²) in [5.41, 5.74) is 1.31. The molecule has 0 saturated heterocycles. The minimum atomic E-state index is -1.60. The molecule has 0 amide bonds. The molecular formula is C18H30N2OSi. The van der Waals surface area contributed by atoms with E-state index in [1.807, 2.05) is 0 Å². The van der Waals surface area contributed by atoms with Gasteiger partial charge in [-0.1, -0.05) is 39.0 Å². The van der Waals surface area contributed by atoms with Crippen molar-refractivity contribution in [3.05, 3.63) is 36.5 Å². The Morgan fingerprint density at radius 2 is 1.82 bits per heavy atom. The van der Waals surface area contributed by atoms with Crippen molar-refractivity contribution < 1.29 is 4.43 Å². The van der Waals surface area contributed by atoms with Crippen LogP contribution in [0.15, 0.2) is 36.5 Å². The van der Waals surface area contributed by atoms with Gasteiger partial charge in [-0.2, -0.15) is 0 Å². The number of hydrogen-bond donors (Lipinski definition) is 1. The zero-order chi connectivity index (χ0) is 16.2. The summed E-state index contributed by atoms with van der Waals surface area (Å²) in [4.78, 5) is 0.